The molecular weight excluding hydrogens is 669 g/mol. The molecule has 4 heteroatoms. The summed E-state index contributed by atoms with van der Waals surface area (Å²) in [5, 5.41) is 0. The van der Waals surface area contributed by atoms with E-state index in [0.717, 1.165) is 24.1 Å². The molecule has 0 aliphatic heterocycles. The Labute approximate surface area is 329 Å². The molecule has 7 unspecified atom stereocenters. The first kappa shape index (κ1) is 38.5. The molecular formula is C51H60N4. The van der Waals surface area contributed by atoms with Crippen molar-refractivity contribution >= 4 is 5.69 Å². The quantitative estimate of drug-likeness (QED) is 0.102. The van der Waals surface area contributed by atoms with Crippen molar-refractivity contribution in [1.29, 1.82) is 0 Å². The molecule has 2 aliphatic carbocycles. The van der Waals surface area contributed by atoms with Gasteiger partial charge in [0.25, 0.3) is 0 Å². The molecule has 0 aromatic heterocycles. The van der Waals surface area contributed by atoms with E-state index in [0.29, 0.717) is 0 Å². The van der Waals surface area contributed by atoms with E-state index in [-0.39, 0.29) is 47.2 Å². The van der Waals surface area contributed by atoms with Crippen LogP contribution in [0.15, 0.2) is 121 Å². The standard InChI is InChI=1S/C51H60N4/c1-8-33-26-37(49(54)31(4)30(3)39-14-10-12-16-47(39)52)20-22-41(33)35-18-24-43-44-25-19-36(29-46(44)51(6,7)45(43)28-35)42-23-21-38(27-34(42)9-2)50(55)32(5)40-15-11-13-17-48(40)53/h10-32,40,48-50H,8-9,52-55H2,1-7H3. The van der Waals surface area contributed by atoms with E-state index >= 15 is 0 Å². The van der Waals surface area contributed by atoms with E-state index in [1.165, 1.54) is 66.8 Å². The molecule has 0 saturated carbocycles. The first-order valence-electron chi connectivity index (χ1n) is 20.4. The van der Waals surface area contributed by atoms with Crippen LogP contribution in [0, 0.1) is 17.8 Å². The minimum absolute atomic E-state index is 0.00610. The van der Waals surface area contributed by atoms with E-state index in [1.807, 2.05) is 18.2 Å². The van der Waals surface area contributed by atoms with Crippen LogP contribution >= 0.6 is 0 Å². The molecule has 284 valence electrons. The van der Waals surface area contributed by atoms with Crippen molar-refractivity contribution in [2.45, 2.75) is 90.8 Å². The van der Waals surface area contributed by atoms with Gasteiger partial charge in [0, 0.05) is 35.1 Å². The second-order valence-electron chi connectivity index (χ2n) is 16.8. The Morgan fingerprint density at radius 3 is 1.65 bits per heavy atom. The van der Waals surface area contributed by atoms with Crippen molar-refractivity contribution < 1.29 is 0 Å². The average molecular weight is 729 g/mol. The van der Waals surface area contributed by atoms with Crippen LogP contribution in [0.2, 0.25) is 0 Å². The van der Waals surface area contributed by atoms with Gasteiger partial charge in [-0.25, -0.2) is 0 Å². The van der Waals surface area contributed by atoms with Gasteiger partial charge in [-0.2, -0.15) is 0 Å². The van der Waals surface area contributed by atoms with Gasteiger partial charge in [-0.15, -0.1) is 0 Å². The Hall–Kier alpha value is -4.74. The molecule has 0 spiro atoms. The van der Waals surface area contributed by atoms with E-state index in [4.69, 9.17) is 22.9 Å². The Morgan fingerprint density at radius 2 is 1.13 bits per heavy atom. The van der Waals surface area contributed by atoms with Gasteiger partial charge >= 0.3 is 0 Å². The minimum Gasteiger partial charge on any atom is -0.398 e. The van der Waals surface area contributed by atoms with Gasteiger partial charge in [0.1, 0.15) is 0 Å². The van der Waals surface area contributed by atoms with Crippen LogP contribution < -0.4 is 22.9 Å². The highest BCUT2D eigenvalue weighted by molar-refractivity contribution is 5.86. The predicted octanol–water partition coefficient (Wildman–Crippen LogP) is 11.2. The van der Waals surface area contributed by atoms with Gasteiger partial charge in [-0.1, -0.05) is 152 Å². The third-order valence-corrected chi connectivity index (χ3v) is 13.3. The highest BCUT2D eigenvalue weighted by atomic mass is 14.7. The van der Waals surface area contributed by atoms with Crippen LogP contribution in [0.3, 0.4) is 0 Å². The molecule has 2 aliphatic rings. The molecule has 0 amide bonds. The second-order valence-corrected chi connectivity index (χ2v) is 16.8. The zero-order chi connectivity index (χ0) is 39.2. The number of hydrogen-bond acceptors (Lipinski definition) is 4. The first-order valence-corrected chi connectivity index (χ1v) is 20.4. The summed E-state index contributed by atoms with van der Waals surface area (Å²) in [5.41, 5.74) is 44.0. The number of hydrogen-bond donors (Lipinski definition) is 4. The summed E-state index contributed by atoms with van der Waals surface area (Å²) in [6.07, 6.45) is 10.3. The molecule has 5 aromatic rings. The molecule has 0 fully saturated rings. The topological polar surface area (TPSA) is 104 Å². The summed E-state index contributed by atoms with van der Waals surface area (Å²) >= 11 is 0. The van der Waals surface area contributed by atoms with Crippen molar-refractivity contribution in [3.8, 4) is 33.4 Å². The van der Waals surface area contributed by atoms with Gasteiger partial charge in [0.15, 0.2) is 0 Å². The van der Waals surface area contributed by atoms with E-state index < -0.39 is 0 Å². The van der Waals surface area contributed by atoms with Crippen molar-refractivity contribution in [3.63, 3.8) is 0 Å². The van der Waals surface area contributed by atoms with E-state index in [2.05, 4.69) is 152 Å². The smallest absolute Gasteiger partial charge is 0.0349 e. The van der Waals surface area contributed by atoms with Crippen molar-refractivity contribution in [3.05, 3.63) is 160 Å². The molecule has 7 rings (SSSR count). The molecule has 8 N–H and O–H groups in total. The first-order chi connectivity index (χ1) is 26.3. The summed E-state index contributed by atoms with van der Waals surface area (Å²) in [4.78, 5) is 0. The van der Waals surface area contributed by atoms with Crippen LogP contribution in [0.4, 0.5) is 5.69 Å². The third kappa shape index (κ3) is 7.01. The van der Waals surface area contributed by atoms with Crippen molar-refractivity contribution in [2.24, 2.45) is 35.0 Å². The normalized spacial score (nSPS) is 19.7. The molecule has 0 bridgehead atoms. The lowest BCUT2D eigenvalue weighted by atomic mass is 9.78. The Kier molecular flexibility index (Phi) is 10.8. The monoisotopic (exact) mass is 728 g/mol. The van der Waals surface area contributed by atoms with Crippen molar-refractivity contribution in [1.82, 2.24) is 0 Å². The number of nitrogen functional groups attached to an aromatic ring is 1. The Morgan fingerprint density at radius 1 is 0.618 bits per heavy atom. The van der Waals surface area contributed by atoms with Gasteiger partial charge in [0.05, 0.1) is 0 Å². The van der Waals surface area contributed by atoms with Crippen LogP contribution in [0.1, 0.15) is 105 Å². The van der Waals surface area contributed by atoms with Crippen LogP contribution in [0.5, 0.6) is 0 Å². The maximum atomic E-state index is 6.98. The minimum atomic E-state index is -0.152. The van der Waals surface area contributed by atoms with Gasteiger partial charge in [0.2, 0.25) is 0 Å². The van der Waals surface area contributed by atoms with Crippen LogP contribution in [-0.2, 0) is 18.3 Å². The summed E-state index contributed by atoms with van der Waals surface area (Å²) in [6, 6.07) is 35.8. The average Bonchev–Trinajstić information content (AvgIpc) is 3.43. The fourth-order valence-electron chi connectivity index (χ4n) is 9.40. The molecule has 55 heavy (non-hydrogen) atoms. The summed E-state index contributed by atoms with van der Waals surface area (Å²) in [7, 11) is 0. The van der Waals surface area contributed by atoms with Gasteiger partial charge in [-0.3, -0.25) is 0 Å². The second kappa shape index (κ2) is 15.4. The van der Waals surface area contributed by atoms with Crippen LogP contribution in [-0.4, -0.2) is 6.04 Å². The SMILES string of the molecule is CCc1cc(C(N)C(C)C(C)c2ccccc2N)ccc1-c1ccc2c(c1)C(C)(C)c1cc(-c3ccc(C(N)C(C)C4C=CC=CC4N)cc3CC)ccc1-2. The Bertz CT molecular complexity index is 2260. The molecule has 5 aromatic carbocycles. The number of fused-ring (bicyclic) bond motifs is 3. The number of benzene rings is 5. The summed E-state index contributed by atoms with van der Waals surface area (Å²) < 4.78 is 0. The highest BCUT2D eigenvalue weighted by Gasteiger charge is 2.36. The highest BCUT2D eigenvalue weighted by Crippen LogP contribution is 2.51. The maximum absolute atomic E-state index is 6.98. The fourth-order valence-corrected chi connectivity index (χ4v) is 9.40. The van der Waals surface area contributed by atoms with Gasteiger partial charge in [-0.05, 0) is 121 Å². The van der Waals surface area contributed by atoms with E-state index in [9.17, 15) is 0 Å². The molecule has 0 radical (unpaired) electrons. The number of anilines is 1. The largest absolute Gasteiger partial charge is 0.398 e. The number of para-hydroxylation sites is 1. The third-order valence-electron chi connectivity index (χ3n) is 13.3. The molecule has 0 heterocycles. The van der Waals surface area contributed by atoms with Gasteiger partial charge < -0.3 is 22.9 Å². The van der Waals surface area contributed by atoms with Crippen molar-refractivity contribution in [2.75, 3.05) is 5.73 Å². The number of rotatable bonds is 11. The lowest BCUT2D eigenvalue weighted by molar-refractivity contribution is 0.336. The fraction of sp³-hybridized carbons (Fsp3) is 0.333. The summed E-state index contributed by atoms with van der Waals surface area (Å²) in [6.45, 7) is 15.9. The lowest BCUT2D eigenvalue weighted by Crippen LogP contribution is -2.37. The van der Waals surface area contributed by atoms with E-state index in [1.54, 1.807) is 0 Å². The maximum Gasteiger partial charge on any atom is 0.0349 e. The molecule has 7 atom stereocenters. The Balaban J connectivity index is 1.15. The lowest BCUT2D eigenvalue weighted by Gasteiger charge is -2.31. The predicted molar refractivity (Wildman–Crippen MR) is 235 cm³/mol. The number of aryl methyl sites for hydroxylation is 2. The molecule has 4 nitrogen and oxygen atoms in total. The number of nitrogens with two attached hydrogens (primary N) is 4. The molecule has 0 saturated heterocycles. The zero-order valence-electron chi connectivity index (χ0n) is 33.8. The zero-order valence-corrected chi connectivity index (χ0v) is 33.8. The number of allylic oxidation sites excluding steroid dienone is 2. The van der Waals surface area contributed by atoms with Crippen LogP contribution in [0.25, 0.3) is 33.4 Å². The summed E-state index contributed by atoms with van der Waals surface area (Å²) in [5.74, 6) is 0.903.